The Morgan fingerprint density at radius 1 is 1.40 bits per heavy atom. The Morgan fingerprint density at radius 3 is 2.60 bits per heavy atom. The maximum Gasteiger partial charge on any atom is 0.349 e. The summed E-state index contributed by atoms with van der Waals surface area (Å²) in [5.74, 6) is -1.44. The van der Waals surface area contributed by atoms with Gasteiger partial charge in [-0.15, -0.1) is 11.3 Å². The van der Waals surface area contributed by atoms with E-state index in [1.165, 1.54) is 11.4 Å². The molecule has 0 spiro atoms. The fourth-order valence-corrected chi connectivity index (χ4v) is 3.59. The molecule has 20 heavy (non-hydrogen) atoms. The average molecular weight is 321 g/mol. The molecule has 1 aromatic rings. The number of carbonyl (C=O) groups excluding carboxylic acids is 2. The van der Waals surface area contributed by atoms with Gasteiger partial charge in [0.25, 0.3) is 0 Å². The Hall–Kier alpha value is -1.45. The van der Waals surface area contributed by atoms with Crippen molar-refractivity contribution in [3.05, 3.63) is 16.3 Å². The summed E-state index contributed by atoms with van der Waals surface area (Å²) in [7, 11) is -2.82. The molecule has 0 fully saturated rings. The number of esters is 2. The van der Waals surface area contributed by atoms with Gasteiger partial charge >= 0.3 is 11.9 Å². The molecule has 1 aromatic heterocycles. The topological polar surface area (TPSA) is 98.8 Å². The van der Waals surface area contributed by atoms with Crippen LogP contribution in [0.1, 0.15) is 23.5 Å². The highest BCUT2D eigenvalue weighted by Crippen LogP contribution is 2.22. The fourth-order valence-electron chi connectivity index (χ4n) is 1.29. The number of thiophene rings is 1. The van der Waals surface area contributed by atoms with Crippen LogP contribution in [0.15, 0.2) is 16.3 Å². The molecule has 0 aliphatic heterocycles. The Balaban J connectivity index is 2.82. The van der Waals surface area contributed by atoms with E-state index in [1.807, 2.05) is 0 Å². The van der Waals surface area contributed by atoms with E-state index >= 15 is 0 Å². The van der Waals surface area contributed by atoms with Crippen molar-refractivity contribution >= 4 is 33.3 Å². The summed E-state index contributed by atoms with van der Waals surface area (Å²) in [6.07, 6.45) is -0.334. The van der Waals surface area contributed by atoms with E-state index in [9.17, 15) is 18.0 Å². The number of rotatable bonds is 6. The van der Waals surface area contributed by atoms with E-state index in [2.05, 4.69) is 9.46 Å². The highest BCUT2D eigenvalue weighted by atomic mass is 32.2. The van der Waals surface area contributed by atoms with Gasteiger partial charge in [0.2, 0.25) is 10.0 Å². The van der Waals surface area contributed by atoms with E-state index in [1.54, 1.807) is 13.8 Å². The largest absolute Gasteiger partial charge is 0.465 e. The second-order valence-electron chi connectivity index (χ2n) is 3.97. The van der Waals surface area contributed by atoms with Crippen molar-refractivity contribution in [2.24, 2.45) is 0 Å². The van der Waals surface area contributed by atoms with Crippen molar-refractivity contribution in [3.8, 4) is 0 Å². The molecule has 0 aromatic carbocycles. The molecule has 0 aliphatic rings. The maximum absolute atomic E-state index is 12.0. The number of carbonyl (C=O) groups is 2. The summed E-state index contributed by atoms with van der Waals surface area (Å²) in [6.45, 7) is 2.80. The van der Waals surface area contributed by atoms with Gasteiger partial charge in [-0.25, -0.2) is 13.2 Å². The minimum atomic E-state index is -3.97. The normalized spacial score (nSPS) is 11.4. The highest BCUT2D eigenvalue weighted by molar-refractivity contribution is 7.89. The van der Waals surface area contributed by atoms with Crippen LogP contribution in [-0.4, -0.2) is 40.1 Å². The van der Waals surface area contributed by atoms with Crippen LogP contribution >= 0.6 is 11.3 Å². The van der Waals surface area contributed by atoms with Crippen LogP contribution in [0.3, 0.4) is 0 Å². The third-order valence-electron chi connectivity index (χ3n) is 2.06. The quantitative estimate of drug-likeness (QED) is 0.777. The molecule has 0 unspecified atom stereocenters. The minimum absolute atomic E-state index is 0.0442. The fraction of sp³-hybridized carbons (Fsp3) is 0.455. The molecule has 0 saturated carbocycles. The first-order chi connectivity index (χ1) is 9.27. The van der Waals surface area contributed by atoms with E-state index in [-0.39, 0.29) is 15.9 Å². The van der Waals surface area contributed by atoms with E-state index in [0.717, 1.165) is 18.4 Å². The second-order valence-corrected chi connectivity index (χ2v) is 6.62. The number of sulfonamides is 1. The van der Waals surface area contributed by atoms with Crippen LogP contribution < -0.4 is 4.72 Å². The smallest absolute Gasteiger partial charge is 0.349 e. The molecule has 0 amide bonds. The van der Waals surface area contributed by atoms with Gasteiger partial charge in [-0.1, -0.05) is 0 Å². The highest BCUT2D eigenvalue weighted by Gasteiger charge is 2.25. The van der Waals surface area contributed by atoms with Crippen molar-refractivity contribution in [1.29, 1.82) is 0 Å². The van der Waals surface area contributed by atoms with Gasteiger partial charge in [0.1, 0.15) is 16.3 Å². The van der Waals surface area contributed by atoms with Crippen molar-refractivity contribution < 1.29 is 27.5 Å². The zero-order valence-electron chi connectivity index (χ0n) is 11.2. The van der Waals surface area contributed by atoms with E-state index in [4.69, 9.17) is 4.74 Å². The van der Waals surface area contributed by atoms with Crippen molar-refractivity contribution in [1.82, 2.24) is 4.72 Å². The van der Waals surface area contributed by atoms with Gasteiger partial charge in [-0.05, 0) is 25.3 Å². The van der Waals surface area contributed by atoms with Crippen LogP contribution in [0.25, 0.3) is 0 Å². The molecule has 0 radical (unpaired) electrons. The summed E-state index contributed by atoms with van der Waals surface area (Å²) < 4.78 is 35.4. The average Bonchev–Trinajstić information content (AvgIpc) is 2.84. The summed E-state index contributed by atoms with van der Waals surface area (Å²) in [5, 5.41) is 1.45. The van der Waals surface area contributed by atoms with Gasteiger partial charge in [0.05, 0.1) is 13.2 Å². The molecule has 1 N–H and O–H groups in total. The van der Waals surface area contributed by atoms with Crippen LogP contribution in [0.2, 0.25) is 0 Å². The zero-order valence-corrected chi connectivity index (χ0v) is 12.8. The predicted molar refractivity (Wildman–Crippen MR) is 72.1 cm³/mol. The number of ether oxygens (including phenoxy) is 2. The molecule has 0 atom stereocenters. The summed E-state index contributed by atoms with van der Waals surface area (Å²) >= 11 is 0.944. The van der Waals surface area contributed by atoms with Crippen LogP contribution in [0.5, 0.6) is 0 Å². The summed E-state index contributed by atoms with van der Waals surface area (Å²) in [6, 6.07) is 1.27. The SMILES string of the molecule is COC(=O)c1sccc1S(=O)(=O)NCC(=O)OC(C)C. The third-order valence-corrected chi connectivity index (χ3v) is 4.53. The van der Waals surface area contributed by atoms with Gasteiger partial charge < -0.3 is 9.47 Å². The molecule has 9 heteroatoms. The minimum Gasteiger partial charge on any atom is -0.465 e. The van der Waals surface area contributed by atoms with Gasteiger partial charge in [-0.2, -0.15) is 4.72 Å². The monoisotopic (exact) mass is 321 g/mol. The van der Waals surface area contributed by atoms with E-state index in [0.29, 0.717) is 0 Å². The zero-order chi connectivity index (χ0) is 15.3. The Bertz CT molecular complexity index is 590. The lowest BCUT2D eigenvalue weighted by Crippen LogP contribution is -2.32. The summed E-state index contributed by atoms with van der Waals surface area (Å²) in [4.78, 5) is 22.5. The Morgan fingerprint density at radius 2 is 2.05 bits per heavy atom. The Kier molecular flexibility index (Phi) is 5.66. The first-order valence-corrected chi connectivity index (χ1v) is 7.99. The number of hydrogen-bond donors (Lipinski definition) is 1. The molecule has 0 aliphatic carbocycles. The number of nitrogens with one attached hydrogen (secondary N) is 1. The third kappa shape index (κ3) is 4.29. The molecule has 0 bridgehead atoms. The standard InChI is InChI=1S/C11H15NO6S2/c1-7(2)18-9(13)6-12-20(15,16)8-4-5-19-10(8)11(14)17-3/h4-5,7,12H,6H2,1-3H3. The van der Waals surface area contributed by atoms with Gasteiger partial charge in [-0.3, -0.25) is 4.79 Å². The van der Waals surface area contributed by atoms with E-state index < -0.39 is 28.5 Å². The van der Waals surface area contributed by atoms with Crippen LogP contribution in [-0.2, 0) is 24.3 Å². The molecular weight excluding hydrogens is 306 g/mol. The lowest BCUT2D eigenvalue weighted by atomic mass is 10.5. The van der Waals surface area contributed by atoms with Gasteiger partial charge in [0, 0.05) is 0 Å². The van der Waals surface area contributed by atoms with Crippen molar-refractivity contribution in [2.45, 2.75) is 24.8 Å². The van der Waals surface area contributed by atoms with Crippen molar-refractivity contribution in [3.63, 3.8) is 0 Å². The lowest BCUT2D eigenvalue weighted by Gasteiger charge is -2.09. The molecule has 1 heterocycles. The van der Waals surface area contributed by atoms with Crippen LogP contribution in [0.4, 0.5) is 0 Å². The first kappa shape index (κ1) is 16.6. The second kappa shape index (κ2) is 6.82. The number of methoxy groups -OCH3 is 1. The van der Waals surface area contributed by atoms with Gasteiger partial charge in [0.15, 0.2) is 0 Å². The number of hydrogen-bond acceptors (Lipinski definition) is 7. The Labute approximate surface area is 120 Å². The van der Waals surface area contributed by atoms with Crippen LogP contribution in [0, 0.1) is 0 Å². The molecule has 112 valence electrons. The molecule has 1 rings (SSSR count). The maximum atomic E-state index is 12.0. The summed E-state index contributed by atoms with van der Waals surface area (Å²) in [5.41, 5.74) is 0. The molecular formula is C11H15NO6S2. The lowest BCUT2D eigenvalue weighted by molar-refractivity contribution is -0.145. The molecule has 0 saturated heterocycles. The predicted octanol–water partition coefficient (Wildman–Crippen LogP) is 0.765. The molecule has 7 nitrogen and oxygen atoms in total. The first-order valence-electron chi connectivity index (χ1n) is 5.63. The van der Waals surface area contributed by atoms with Crippen molar-refractivity contribution in [2.75, 3.05) is 13.7 Å².